The molecule has 0 aromatic carbocycles. The number of hydrogen-bond donors (Lipinski definition) is 1. The molecule has 2 unspecified atom stereocenters. The molecule has 2 rings (SSSR count). The summed E-state index contributed by atoms with van der Waals surface area (Å²) in [5, 5.41) is 9.31. The number of rotatable bonds is 3. The number of nitrogens with zero attached hydrogens (tertiary/aromatic N) is 1. The highest BCUT2D eigenvalue weighted by atomic mass is 16.3. The van der Waals surface area contributed by atoms with Gasteiger partial charge in [-0.05, 0) is 18.8 Å². The van der Waals surface area contributed by atoms with Crippen LogP contribution in [-0.4, -0.2) is 34.5 Å². The maximum absolute atomic E-state index is 12.1. The number of imide groups is 1. The van der Waals surface area contributed by atoms with E-state index in [0.29, 0.717) is 0 Å². The number of aliphatic hydroxyl groups is 1. The molecule has 1 aliphatic carbocycles. The van der Waals surface area contributed by atoms with E-state index < -0.39 is 0 Å². The maximum atomic E-state index is 12.1. The number of likely N-dealkylation sites (tertiary alicyclic amines) is 1. The molecule has 0 spiro atoms. The van der Waals surface area contributed by atoms with Crippen molar-refractivity contribution >= 4 is 11.8 Å². The molecule has 3 atom stereocenters. The molecular formula is C12H19NO3. The normalized spacial score (nSPS) is 31.4. The van der Waals surface area contributed by atoms with Crippen LogP contribution in [0.5, 0.6) is 0 Å². The van der Waals surface area contributed by atoms with Crippen molar-refractivity contribution < 1.29 is 14.7 Å². The molecule has 2 aliphatic rings. The topological polar surface area (TPSA) is 57.6 Å². The SMILES string of the molecule is CC(C)[C@H](CO)N1C(=O)C2CCCC2C1=O. The standard InChI is InChI=1S/C12H19NO3/c1-7(2)10(6-14)13-11(15)8-4-3-5-9(8)12(13)16/h7-10,14H,3-6H2,1-2H3/t8?,9?,10-/m0/s1. The van der Waals surface area contributed by atoms with E-state index in [9.17, 15) is 14.7 Å². The summed E-state index contributed by atoms with van der Waals surface area (Å²) >= 11 is 0. The van der Waals surface area contributed by atoms with Gasteiger partial charge in [0.15, 0.2) is 0 Å². The van der Waals surface area contributed by atoms with Crippen molar-refractivity contribution in [2.45, 2.75) is 39.2 Å². The van der Waals surface area contributed by atoms with Gasteiger partial charge in [0.25, 0.3) is 0 Å². The Bertz CT molecular complexity index is 291. The van der Waals surface area contributed by atoms with Crippen LogP contribution in [0.3, 0.4) is 0 Å². The van der Waals surface area contributed by atoms with Crippen LogP contribution >= 0.6 is 0 Å². The van der Waals surface area contributed by atoms with E-state index in [0.717, 1.165) is 19.3 Å². The summed E-state index contributed by atoms with van der Waals surface area (Å²) in [5.74, 6) is -0.196. The number of carbonyl (C=O) groups excluding carboxylic acids is 2. The third kappa shape index (κ3) is 1.56. The van der Waals surface area contributed by atoms with Gasteiger partial charge in [-0.2, -0.15) is 0 Å². The van der Waals surface area contributed by atoms with E-state index >= 15 is 0 Å². The molecule has 0 bridgehead atoms. The smallest absolute Gasteiger partial charge is 0.233 e. The van der Waals surface area contributed by atoms with Gasteiger partial charge in [0.1, 0.15) is 0 Å². The van der Waals surface area contributed by atoms with Gasteiger partial charge in [-0.3, -0.25) is 14.5 Å². The zero-order chi connectivity index (χ0) is 11.9. The summed E-state index contributed by atoms with van der Waals surface area (Å²) in [5.41, 5.74) is 0. The Labute approximate surface area is 95.6 Å². The fourth-order valence-corrected chi connectivity index (χ4v) is 2.93. The van der Waals surface area contributed by atoms with Gasteiger partial charge < -0.3 is 5.11 Å². The summed E-state index contributed by atoms with van der Waals surface area (Å²) in [6.07, 6.45) is 2.65. The predicted molar refractivity (Wildman–Crippen MR) is 58.4 cm³/mol. The number of amides is 2. The molecule has 4 nitrogen and oxygen atoms in total. The number of hydrogen-bond acceptors (Lipinski definition) is 3. The summed E-state index contributed by atoms with van der Waals surface area (Å²) in [7, 11) is 0. The Kier molecular flexibility index (Phi) is 3.02. The molecule has 1 saturated heterocycles. The second kappa shape index (κ2) is 4.17. The first-order valence-electron chi connectivity index (χ1n) is 6.05. The number of aliphatic hydroxyl groups excluding tert-OH is 1. The van der Waals surface area contributed by atoms with Crippen LogP contribution in [0.2, 0.25) is 0 Å². The average Bonchev–Trinajstić information content (AvgIpc) is 2.78. The van der Waals surface area contributed by atoms with Gasteiger partial charge in [0.05, 0.1) is 24.5 Å². The van der Waals surface area contributed by atoms with E-state index in [1.165, 1.54) is 4.90 Å². The van der Waals surface area contributed by atoms with E-state index in [2.05, 4.69) is 0 Å². The van der Waals surface area contributed by atoms with Crippen molar-refractivity contribution in [3.05, 3.63) is 0 Å². The van der Waals surface area contributed by atoms with E-state index in [1.807, 2.05) is 13.8 Å². The van der Waals surface area contributed by atoms with Gasteiger partial charge >= 0.3 is 0 Å². The molecule has 1 saturated carbocycles. The highest BCUT2D eigenvalue weighted by molar-refractivity contribution is 6.05. The van der Waals surface area contributed by atoms with Crippen molar-refractivity contribution in [2.75, 3.05) is 6.61 Å². The Balaban J connectivity index is 2.23. The summed E-state index contributed by atoms with van der Waals surface area (Å²) < 4.78 is 0. The molecule has 2 fully saturated rings. The van der Waals surface area contributed by atoms with Crippen LogP contribution in [0.1, 0.15) is 33.1 Å². The molecule has 1 heterocycles. The summed E-state index contributed by atoms with van der Waals surface area (Å²) in [6.45, 7) is 3.72. The maximum Gasteiger partial charge on any atom is 0.233 e. The van der Waals surface area contributed by atoms with Gasteiger partial charge in [0, 0.05) is 0 Å². The van der Waals surface area contributed by atoms with E-state index in [4.69, 9.17) is 0 Å². The van der Waals surface area contributed by atoms with Crippen LogP contribution < -0.4 is 0 Å². The Morgan fingerprint density at radius 2 is 1.75 bits per heavy atom. The first-order chi connectivity index (χ1) is 7.57. The van der Waals surface area contributed by atoms with Crippen LogP contribution in [0.25, 0.3) is 0 Å². The third-order valence-corrected chi connectivity index (χ3v) is 3.91. The van der Waals surface area contributed by atoms with Crippen LogP contribution in [-0.2, 0) is 9.59 Å². The monoisotopic (exact) mass is 225 g/mol. The van der Waals surface area contributed by atoms with Crippen LogP contribution in [0.4, 0.5) is 0 Å². The van der Waals surface area contributed by atoms with Crippen molar-refractivity contribution in [1.82, 2.24) is 4.90 Å². The highest BCUT2D eigenvalue weighted by Crippen LogP contribution is 2.41. The Hall–Kier alpha value is -0.900. The minimum atomic E-state index is -0.342. The lowest BCUT2D eigenvalue weighted by Crippen LogP contribution is -2.46. The lowest BCUT2D eigenvalue weighted by atomic mass is 10.00. The third-order valence-electron chi connectivity index (χ3n) is 3.91. The van der Waals surface area contributed by atoms with Crippen molar-refractivity contribution in [2.24, 2.45) is 17.8 Å². The van der Waals surface area contributed by atoms with E-state index in [-0.39, 0.29) is 42.2 Å². The molecule has 0 aromatic heterocycles. The fourth-order valence-electron chi connectivity index (χ4n) is 2.93. The quantitative estimate of drug-likeness (QED) is 0.722. The Morgan fingerprint density at radius 3 is 2.12 bits per heavy atom. The second-order valence-electron chi connectivity index (χ2n) is 5.18. The van der Waals surface area contributed by atoms with E-state index in [1.54, 1.807) is 0 Å². The molecule has 1 N–H and O–H groups in total. The lowest BCUT2D eigenvalue weighted by Gasteiger charge is -2.28. The van der Waals surface area contributed by atoms with Crippen molar-refractivity contribution in [3.63, 3.8) is 0 Å². The molecule has 90 valence electrons. The fraction of sp³-hybridized carbons (Fsp3) is 0.833. The highest BCUT2D eigenvalue weighted by Gasteiger charge is 2.51. The lowest BCUT2D eigenvalue weighted by molar-refractivity contribution is -0.145. The molecule has 1 aliphatic heterocycles. The summed E-state index contributed by atoms with van der Waals surface area (Å²) in [4.78, 5) is 25.5. The van der Waals surface area contributed by atoms with Gasteiger partial charge in [0.2, 0.25) is 11.8 Å². The van der Waals surface area contributed by atoms with Gasteiger partial charge in [-0.15, -0.1) is 0 Å². The van der Waals surface area contributed by atoms with Gasteiger partial charge in [-0.1, -0.05) is 20.3 Å². The second-order valence-corrected chi connectivity index (χ2v) is 5.18. The molecule has 2 amide bonds. The van der Waals surface area contributed by atoms with Gasteiger partial charge in [-0.25, -0.2) is 0 Å². The van der Waals surface area contributed by atoms with Crippen LogP contribution in [0, 0.1) is 17.8 Å². The zero-order valence-corrected chi connectivity index (χ0v) is 9.85. The molecule has 16 heavy (non-hydrogen) atoms. The molecular weight excluding hydrogens is 206 g/mol. The first kappa shape index (κ1) is 11.6. The van der Waals surface area contributed by atoms with Crippen LogP contribution in [0.15, 0.2) is 0 Å². The summed E-state index contributed by atoms with van der Waals surface area (Å²) in [6, 6.07) is -0.342. The predicted octanol–water partition coefficient (Wildman–Crippen LogP) is 0.788. The Morgan fingerprint density at radius 1 is 1.25 bits per heavy atom. The number of carbonyl (C=O) groups is 2. The van der Waals surface area contributed by atoms with Crippen molar-refractivity contribution in [1.29, 1.82) is 0 Å². The molecule has 0 radical (unpaired) electrons. The minimum Gasteiger partial charge on any atom is -0.394 e. The zero-order valence-electron chi connectivity index (χ0n) is 9.85. The number of fused-ring (bicyclic) bond motifs is 1. The minimum absolute atomic E-state index is 0.0553. The molecule has 0 aromatic rings. The van der Waals surface area contributed by atoms with Crippen molar-refractivity contribution in [3.8, 4) is 0 Å². The molecule has 4 heteroatoms. The first-order valence-corrected chi connectivity index (χ1v) is 6.05. The largest absolute Gasteiger partial charge is 0.394 e. The average molecular weight is 225 g/mol.